The Morgan fingerprint density at radius 2 is 1.46 bits per heavy atom. The van der Waals surface area contributed by atoms with E-state index in [1.54, 1.807) is 30.3 Å². The molecule has 0 aliphatic heterocycles. The van der Waals surface area contributed by atoms with Crippen LogP contribution in [0.3, 0.4) is 0 Å². The lowest BCUT2D eigenvalue weighted by Crippen LogP contribution is -2.52. The standard InChI is InChI=1S/C31H39N3O4S/c1-5-21-32-31(36)28(7-3)33(22-26-17-12-11-15-24(26)4)30(35)23-34(29-20-14-13-16-25(29)6-2)39(37,38)27-18-9-8-10-19-27/h8-20,28H,5-7,21-23H2,1-4H3,(H,32,36)/t28-/m0/s1. The number of carbonyl (C=O) groups excluding carboxylic acids is 2. The van der Waals surface area contributed by atoms with Crippen molar-refractivity contribution in [3.05, 3.63) is 95.6 Å². The zero-order chi connectivity index (χ0) is 28.4. The summed E-state index contributed by atoms with van der Waals surface area (Å²) in [7, 11) is -4.08. The quantitative estimate of drug-likeness (QED) is 0.322. The maximum Gasteiger partial charge on any atom is 0.264 e. The zero-order valence-electron chi connectivity index (χ0n) is 23.3. The van der Waals surface area contributed by atoms with Crippen LogP contribution in [-0.2, 0) is 32.6 Å². The van der Waals surface area contributed by atoms with E-state index in [0.717, 1.165) is 23.1 Å². The van der Waals surface area contributed by atoms with Crippen LogP contribution in [0.15, 0.2) is 83.8 Å². The van der Waals surface area contributed by atoms with Crippen LogP contribution in [0, 0.1) is 6.92 Å². The summed E-state index contributed by atoms with van der Waals surface area (Å²) >= 11 is 0. The van der Waals surface area contributed by atoms with E-state index in [2.05, 4.69) is 5.32 Å². The summed E-state index contributed by atoms with van der Waals surface area (Å²) < 4.78 is 29.1. The molecule has 39 heavy (non-hydrogen) atoms. The van der Waals surface area contributed by atoms with E-state index in [-0.39, 0.29) is 17.3 Å². The van der Waals surface area contributed by atoms with Gasteiger partial charge in [0.05, 0.1) is 10.6 Å². The van der Waals surface area contributed by atoms with Crippen molar-refractivity contribution >= 4 is 27.5 Å². The van der Waals surface area contributed by atoms with Gasteiger partial charge in [-0.2, -0.15) is 0 Å². The lowest BCUT2D eigenvalue weighted by atomic mass is 10.1. The third-order valence-corrected chi connectivity index (χ3v) is 8.56. The summed E-state index contributed by atoms with van der Waals surface area (Å²) in [6.45, 7) is 7.99. The highest BCUT2D eigenvalue weighted by Gasteiger charge is 2.34. The SMILES string of the molecule is CCCNC(=O)[C@H](CC)N(Cc1ccccc1C)C(=O)CN(c1ccccc1CC)S(=O)(=O)c1ccccc1. The predicted molar refractivity (Wildman–Crippen MR) is 156 cm³/mol. The molecule has 0 unspecified atom stereocenters. The number of anilines is 1. The number of sulfonamides is 1. The number of amides is 2. The molecule has 0 heterocycles. The Kier molecular flexibility index (Phi) is 10.7. The van der Waals surface area contributed by atoms with Crippen molar-refractivity contribution in [2.24, 2.45) is 0 Å². The monoisotopic (exact) mass is 549 g/mol. The van der Waals surface area contributed by atoms with E-state index in [1.807, 2.05) is 64.1 Å². The second-order valence-corrected chi connectivity index (χ2v) is 11.3. The van der Waals surface area contributed by atoms with Gasteiger partial charge in [0, 0.05) is 13.1 Å². The smallest absolute Gasteiger partial charge is 0.264 e. The molecule has 8 heteroatoms. The van der Waals surface area contributed by atoms with Crippen LogP contribution in [0.2, 0.25) is 0 Å². The van der Waals surface area contributed by atoms with Crippen LogP contribution in [0.1, 0.15) is 50.3 Å². The molecule has 3 rings (SSSR count). The van der Waals surface area contributed by atoms with Crippen molar-refractivity contribution < 1.29 is 18.0 Å². The Hall–Kier alpha value is -3.65. The topological polar surface area (TPSA) is 86.8 Å². The van der Waals surface area contributed by atoms with Gasteiger partial charge in [0.2, 0.25) is 11.8 Å². The van der Waals surface area contributed by atoms with Gasteiger partial charge in [0.15, 0.2) is 0 Å². The van der Waals surface area contributed by atoms with Gasteiger partial charge in [-0.25, -0.2) is 8.42 Å². The molecule has 3 aromatic rings. The van der Waals surface area contributed by atoms with Crippen LogP contribution in [0.25, 0.3) is 0 Å². The van der Waals surface area contributed by atoms with Gasteiger partial charge in [-0.15, -0.1) is 0 Å². The van der Waals surface area contributed by atoms with Crippen molar-refractivity contribution in [2.75, 3.05) is 17.4 Å². The first-order valence-corrected chi connectivity index (χ1v) is 15.0. The van der Waals surface area contributed by atoms with Gasteiger partial charge < -0.3 is 10.2 Å². The Morgan fingerprint density at radius 3 is 2.08 bits per heavy atom. The first-order chi connectivity index (χ1) is 18.7. The molecule has 0 radical (unpaired) electrons. The number of rotatable bonds is 13. The molecule has 0 fully saturated rings. The van der Waals surface area contributed by atoms with Gasteiger partial charge in [-0.3, -0.25) is 13.9 Å². The summed E-state index contributed by atoms with van der Waals surface area (Å²) in [5.74, 6) is -0.685. The molecule has 0 aromatic heterocycles. The molecular formula is C31H39N3O4S. The number of benzene rings is 3. The van der Waals surface area contributed by atoms with Crippen molar-refractivity contribution in [2.45, 2.75) is 64.4 Å². The minimum absolute atomic E-state index is 0.0990. The number of hydrogen-bond acceptors (Lipinski definition) is 4. The second kappa shape index (κ2) is 13.9. The van der Waals surface area contributed by atoms with Gasteiger partial charge in [0.1, 0.15) is 12.6 Å². The van der Waals surface area contributed by atoms with Crippen molar-refractivity contribution in [1.29, 1.82) is 0 Å². The molecule has 208 valence electrons. The molecule has 3 aromatic carbocycles. The van der Waals surface area contributed by atoms with E-state index < -0.39 is 28.5 Å². The van der Waals surface area contributed by atoms with E-state index >= 15 is 0 Å². The number of nitrogens with zero attached hydrogens (tertiary/aromatic N) is 2. The fraction of sp³-hybridized carbons (Fsp3) is 0.355. The molecular weight excluding hydrogens is 510 g/mol. The predicted octanol–water partition coefficient (Wildman–Crippen LogP) is 5.09. The molecule has 0 saturated carbocycles. The maximum atomic E-state index is 14.1. The Bertz CT molecular complexity index is 1360. The van der Waals surface area contributed by atoms with Gasteiger partial charge in [-0.05, 0) is 61.1 Å². The number of para-hydroxylation sites is 1. The van der Waals surface area contributed by atoms with E-state index in [4.69, 9.17) is 0 Å². The average molecular weight is 550 g/mol. The normalized spacial score (nSPS) is 12.0. The Labute approximate surface area is 232 Å². The Balaban J connectivity index is 2.09. The molecule has 7 nitrogen and oxygen atoms in total. The van der Waals surface area contributed by atoms with E-state index in [1.165, 1.54) is 21.3 Å². The summed E-state index contributed by atoms with van der Waals surface area (Å²) in [5.41, 5.74) is 3.16. The highest BCUT2D eigenvalue weighted by molar-refractivity contribution is 7.92. The van der Waals surface area contributed by atoms with Crippen molar-refractivity contribution in [1.82, 2.24) is 10.2 Å². The average Bonchev–Trinajstić information content (AvgIpc) is 2.95. The number of hydrogen-bond donors (Lipinski definition) is 1. The first-order valence-electron chi connectivity index (χ1n) is 13.5. The highest BCUT2D eigenvalue weighted by Crippen LogP contribution is 2.28. The van der Waals surface area contributed by atoms with Crippen molar-refractivity contribution in [3.8, 4) is 0 Å². The zero-order valence-corrected chi connectivity index (χ0v) is 24.1. The van der Waals surface area contributed by atoms with Crippen LogP contribution < -0.4 is 9.62 Å². The van der Waals surface area contributed by atoms with Gasteiger partial charge in [-0.1, -0.05) is 81.4 Å². The Morgan fingerprint density at radius 1 is 0.846 bits per heavy atom. The molecule has 0 aliphatic rings. The second-order valence-electron chi connectivity index (χ2n) is 9.47. The number of carbonyl (C=O) groups is 2. The molecule has 2 amide bonds. The first kappa shape index (κ1) is 29.9. The van der Waals surface area contributed by atoms with Crippen LogP contribution in [-0.4, -0.2) is 44.3 Å². The molecule has 0 saturated heterocycles. The minimum atomic E-state index is -4.08. The van der Waals surface area contributed by atoms with Gasteiger partial charge in [0.25, 0.3) is 10.0 Å². The van der Waals surface area contributed by atoms with E-state index in [0.29, 0.717) is 25.1 Å². The number of nitrogens with one attached hydrogen (secondary N) is 1. The van der Waals surface area contributed by atoms with Crippen LogP contribution in [0.5, 0.6) is 0 Å². The third-order valence-electron chi connectivity index (χ3n) is 6.79. The fourth-order valence-electron chi connectivity index (χ4n) is 4.54. The fourth-order valence-corrected chi connectivity index (χ4v) is 6.02. The minimum Gasteiger partial charge on any atom is -0.354 e. The largest absolute Gasteiger partial charge is 0.354 e. The van der Waals surface area contributed by atoms with Crippen molar-refractivity contribution in [3.63, 3.8) is 0 Å². The van der Waals surface area contributed by atoms with E-state index in [9.17, 15) is 18.0 Å². The third kappa shape index (κ3) is 7.26. The molecule has 0 aliphatic carbocycles. The number of aryl methyl sites for hydroxylation is 2. The molecule has 1 N–H and O–H groups in total. The van der Waals surface area contributed by atoms with Crippen LogP contribution >= 0.6 is 0 Å². The maximum absolute atomic E-state index is 14.1. The summed E-state index contributed by atoms with van der Waals surface area (Å²) in [5, 5.41) is 2.91. The summed E-state index contributed by atoms with van der Waals surface area (Å²) in [4.78, 5) is 29.0. The lowest BCUT2D eigenvalue weighted by Gasteiger charge is -2.34. The van der Waals surface area contributed by atoms with Crippen LogP contribution in [0.4, 0.5) is 5.69 Å². The summed E-state index contributed by atoms with van der Waals surface area (Å²) in [6, 6.07) is 22.3. The lowest BCUT2D eigenvalue weighted by molar-refractivity contribution is -0.140. The molecule has 0 spiro atoms. The van der Waals surface area contributed by atoms with Gasteiger partial charge >= 0.3 is 0 Å². The summed E-state index contributed by atoms with van der Waals surface area (Å²) in [6.07, 6.45) is 1.75. The molecule has 0 bridgehead atoms. The highest BCUT2D eigenvalue weighted by atomic mass is 32.2. The molecule has 1 atom stereocenters.